The van der Waals surface area contributed by atoms with Gasteiger partial charge in [0.25, 0.3) is 0 Å². The smallest absolute Gasteiger partial charge is 0.117 e. The third kappa shape index (κ3) is 2.09. The molecule has 60 valence electrons. The van der Waals surface area contributed by atoms with Crippen LogP contribution in [0.3, 0.4) is 0 Å². The molecular formula is C9H12O2. The Morgan fingerprint density at radius 1 is 1.55 bits per heavy atom. The molecule has 2 nitrogen and oxygen atoms in total. The van der Waals surface area contributed by atoms with Crippen LogP contribution in [0.5, 0.6) is 0 Å². The highest BCUT2D eigenvalue weighted by Gasteiger charge is 2.23. The summed E-state index contributed by atoms with van der Waals surface area (Å²) in [6, 6.07) is 0. The zero-order chi connectivity index (χ0) is 7.52. The molecule has 11 heavy (non-hydrogen) atoms. The van der Waals surface area contributed by atoms with Crippen molar-refractivity contribution in [2.75, 3.05) is 13.2 Å². The molecule has 1 aliphatic heterocycles. The van der Waals surface area contributed by atoms with Crippen LogP contribution in [0.15, 0.2) is 24.0 Å². The van der Waals surface area contributed by atoms with Crippen LogP contribution in [-0.2, 0) is 9.47 Å². The van der Waals surface area contributed by atoms with Crippen molar-refractivity contribution in [3.63, 3.8) is 0 Å². The van der Waals surface area contributed by atoms with E-state index in [1.165, 1.54) is 0 Å². The van der Waals surface area contributed by atoms with Crippen LogP contribution < -0.4 is 0 Å². The zero-order valence-electron chi connectivity index (χ0n) is 6.45. The summed E-state index contributed by atoms with van der Waals surface area (Å²) in [5.74, 6) is 1.01. The second kappa shape index (κ2) is 3.09. The van der Waals surface area contributed by atoms with Crippen molar-refractivity contribution in [3.05, 3.63) is 24.0 Å². The van der Waals surface area contributed by atoms with Crippen LogP contribution in [0.25, 0.3) is 0 Å². The molecule has 0 bridgehead atoms. The highest BCUT2D eigenvalue weighted by atomic mass is 16.6. The number of epoxide rings is 1. The van der Waals surface area contributed by atoms with E-state index in [2.05, 4.69) is 12.2 Å². The molecule has 0 aromatic carbocycles. The molecule has 1 fully saturated rings. The third-order valence-corrected chi connectivity index (χ3v) is 1.80. The topological polar surface area (TPSA) is 21.8 Å². The third-order valence-electron chi connectivity index (χ3n) is 1.80. The highest BCUT2D eigenvalue weighted by molar-refractivity contribution is 5.16. The summed E-state index contributed by atoms with van der Waals surface area (Å²) in [4.78, 5) is 0. The predicted octanol–water partition coefficient (Wildman–Crippen LogP) is 1.64. The van der Waals surface area contributed by atoms with Gasteiger partial charge in [0.05, 0.1) is 6.61 Å². The van der Waals surface area contributed by atoms with Crippen LogP contribution in [0.2, 0.25) is 0 Å². The number of hydrogen-bond acceptors (Lipinski definition) is 2. The molecule has 0 amide bonds. The summed E-state index contributed by atoms with van der Waals surface area (Å²) in [5, 5.41) is 0. The van der Waals surface area contributed by atoms with E-state index in [0.29, 0.717) is 6.10 Å². The molecular weight excluding hydrogens is 140 g/mol. The summed E-state index contributed by atoms with van der Waals surface area (Å²) < 4.78 is 10.5. The van der Waals surface area contributed by atoms with Gasteiger partial charge in [0.2, 0.25) is 0 Å². The van der Waals surface area contributed by atoms with Crippen molar-refractivity contribution >= 4 is 0 Å². The molecule has 1 aliphatic carbocycles. The standard InChI is InChI=1S/C9H12O2/c1-2-4-8(5-3-1)10-6-9-7-11-9/h2,4-5,9H,1,3,6-7H2. The van der Waals surface area contributed by atoms with Gasteiger partial charge in [0, 0.05) is 0 Å². The molecule has 2 rings (SSSR count). The average molecular weight is 152 g/mol. The Morgan fingerprint density at radius 3 is 3.09 bits per heavy atom. The Balaban J connectivity index is 1.75. The first-order chi connectivity index (χ1) is 5.45. The Morgan fingerprint density at radius 2 is 2.45 bits per heavy atom. The summed E-state index contributed by atoms with van der Waals surface area (Å²) in [6.45, 7) is 1.59. The highest BCUT2D eigenvalue weighted by Crippen LogP contribution is 2.15. The second-order valence-corrected chi connectivity index (χ2v) is 2.85. The molecule has 0 N–H and O–H groups in total. The molecule has 0 saturated carbocycles. The van der Waals surface area contributed by atoms with Gasteiger partial charge < -0.3 is 9.47 Å². The second-order valence-electron chi connectivity index (χ2n) is 2.85. The lowest BCUT2D eigenvalue weighted by molar-refractivity contribution is 0.191. The normalized spacial score (nSPS) is 28.0. The van der Waals surface area contributed by atoms with Gasteiger partial charge in [-0.1, -0.05) is 6.08 Å². The largest absolute Gasteiger partial charge is 0.491 e. The summed E-state index contributed by atoms with van der Waals surface area (Å²) in [5.41, 5.74) is 0. The first-order valence-corrected chi connectivity index (χ1v) is 4.06. The van der Waals surface area contributed by atoms with Crippen LogP contribution in [0, 0.1) is 0 Å². The van der Waals surface area contributed by atoms with Gasteiger partial charge >= 0.3 is 0 Å². The van der Waals surface area contributed by atoms with E-state index in [4.69, 9.17) is 9.47 Å². The maximum Gasteiger partial charge on any atom is 0.117 e. The van der Waals surface area contributed by atoms with Crippen LogP contribution >= 0.6 is 0 Å². The first-order valence-electron chi connectivity index (χ1n) is 4.06. The monoisotopic (exact) mass is 152 g/mol. The van der Waals surface area contributed by atoms with Gasteiger partial charge in [-0.25, -0.2) is 0 Å². The van der Waals surface area contributed by atoms with Gasteiger partial charge in [-0.2, -0.15) is 0 Å². The Bertz CT molecular complexity index is 190. The van der Waals surface area contributed by atoms with Crippen LogP contribution in [0.4, 0.5) is 0 Å². The molecule has 0 aromatic heterocycles. The molecule has 1 unspecified atom stereocenters. The van der Waals surface area contributed by atoms with Crippen molar-refractivity contribution in [2.24, 2.45) is 0 Å². The van der Waals surface area contributed by atoms with E-state index in [0.717, 1.165) is 31.8 Å². The lowest BCUT2D eigenvalue weighted by atomic mass is 10.2. The number of allylic oxidation sites excluding steroid dienone is 3. The summed E-state index contributed by atoms with van der Waals surface area (Å²) in [7, 11) is 0. The maximum atomic E-state index is 5.46. The molecule has 2 aliphatic rings. The van der Waals surface area contributed by atoms with Crippen LogP contribution in [-0.4, -0.2) is 19.3 Å². The quantitative estimate of drug-likeness (QED) is 0.573. The number of hydrogen-bond donors (Lipinski definition) is 0. The minimum Gasteiger partial charge on any atom is -0.491 e. The first kappa shape index (κ1) is 6.92. The van der Waals surface area contributed by atoms with Crippen molar-refractivity contribution < 1.29 is 9.47 Å². The van der Waals surface area contributed by atoms with Gasteiger partial charge in [0.1, 0.15) is 18.5 Å². The molecule has 1 saturated heterocycles. The zero-order valence-corrected chi connectivity index (χ0v) is 6.45. The fraction of sp³-hybridized carbons (Fsp3) is 0.556. The molecule has 1 atom stereocenters. The minimum atomic E-state index is 0.367. The molecule has 0 spiro atoms. The van der Waals surface area contributed by atoms with E-state index < -0.39 is 0 Å². The summed E-state index contributed by atoms with van der Waals surface area (Å²) >= 11 is 0. The fourth-order valence-corrected chi connectivity index (χ4v) is 1.05. The lowest BCUT2D eigenvalue weighted by Crippen LogP contribution is -2.00. The molecule has 0 radical (unpaired) electrons. The molecule has 0 aromatic rings. The van der Waals surface area contributed by atoms with Crippen molar-refractivity contribution in [1.29, 1.82) is 0 Å². The van der Waals surface area contributed by atoms with Gasteiger partial charge in [-0.3, -0.25) is 0 Å². The fourth-order valence-electron chi connectivity index (χ4n) is 1.05. The van der Waals surface area contributed by atoms with E-state index in [-0.39, 0.29) is 0 Å². The maximum absolute atomic E-state index is 5.46. The lowest BCUT2D eigenvalue weighted by Gasteiger charge is -2.07. The van der Waals surface area contributed by atoms with Crippen molar-refractivity contribution in [3.8, 4) is 0 Å². The molecule has 2 heteroatoms. The number of ether oxygens (including phenoxy) is 2. The average Bonchev–Trinajstić information content (AvgIpc) is 2.86. The van der Waals surface area contributed by atoms with Crippen LogP contribution in [0.1, 0.15) is 12.8 Å². The van der Waals surface area contributed by atoms with Crippen molar-refractivity contribution in [1.82, 2.24) is 0 Å². The molecule has 1 heterocycles. The van der Waals surface area contributed by atoms with Gasteiger partial charge in [-0.05, 0) is 25.0 Å². The SMILES string of the molecule is C1=CC(OCC2CO2)=CCC1. The van der Waals surface area contributed by atoms with Gasteiger partial charge in [-0.15, -0.1) is 0 Å². The van der Waals surface area contributed by atoms with E-state index in [1.54, 1.807) is 0 Å². The van der Waals surface area contributed by atoms with E-state index >= 15 is 0 Å². The Labute approximate surface area is 66.5 Å². The number of rotatable bonds is 3. The van der Waals surface area contributed by atoms with Gasteiger partial charge in [0.15, 0.2) is 0 Å². The van der Waals surface area contributed by atoms with E-state index in [9.17, 15) is 0 Å². The predicted molar refractivity (Wildman–Crippen MR) is 42.1 cm³/mol. The minimum absolute atomic E-state index is 0.367. The van der Waals surface area contributed by atoms with E-state index in [1.807, 2.05) is 6.08 Å². The summed E-state index contributed by atoms with van der Waals surface area (Å²) in [6.07, 6.45) is 8.92. The van der Waals surface area contributed by atoms with Crippen molar-refractivity contribution in [2.45, 2.75) is 18.9 Å². The Hall–Kier alpha value is -0.760. The Kier molecular flexibility index (Phi) is 1.95.